The third kappa shape index (κ3) is 6.78. The smallest absolute Gasteiger partial charge is 0.344 e. The Morgan fingerprint density at radius 1 is 0.767 bits per heavy atom. The van der Waals surface area contributed by atoms with Crippen molar-refractivity contribution < 1.29 is 19.1 Å². The van der Waals surface area contributed by atoms with Gasteiger partial charge in [0.1, 0.15) is 12.4 Å². The van der Waals surface area contributed by atoms with E-state index in [1.54, 1.807) is 12.1 Å². The first kappa shape index (κ1) is 21.1. The van der Waals surface area contributed by atoms with Crippen LogP contribution in [0.25, 0.3) is 0 Å². The van der Waals surface area contributed by atoms with Crippen molar-refractivity contribution in [3.8, 4) is 5.75 Å². The zero-order valence-electron chi connectivity index (χ0n) is 16.7. The van der Waals surface area contributed by atoms with Crippen molar-refractivity contribution in [2.75, 3.05) is 19.8 Å². The maximum Gasteiger partial charge on any atom is 0.344 e. The summed E-state index contributed by atoms with van der Waals surface area (Å²) >= 11 is 0. The van der Waals surface area contributed by atoms with Gasteiger partial charge in [-0.2, -0.15) is 0 Å². The second kappa shape index (κ2) is 11.4. The normalized spacial score (nSPS) is 10.4. The van der Waals surface area contributed by atoms with Crippen LogP contribution in [0.3, 0.4) is 0 Å². The van der Waals surface area contributed by atoms with Crippen LogP contribution in [-0.2, 0) is 14.3 Å². The maximum atomic E-state index is 12.2. The van der Waals surface area contributed by atoms with Crippen LogP contribution < -0.4 is 10.1 Å². The van der Waals surface area contributed by atoms with Crippen molar-refractivity contribution in [2.45, 2.75) is 12.3 Å². The van der Waals surface area contributed by atoms with Crippen LogP contribution in [0.2, 0.25) is 0 Å². The number of para-hydroxylation sites is 1. The van der Waals surface area contributed by atoms with Crippen molar-refractivity contribution in [3.05, 3.63) is 102 Å². The fourth-order valence-corrected chi connectivity index (χ4v) is 3.06. The van der Waals surface area contributed by atoms with Gasteiger partial charge in [0.15, 0.2) is 6.61 Å². The van der Waals surface area contributed by atoms with Crippen molar-refractivity contribution in [2.24, 2.45) is 0 Å². The Bertz CT molecular complexity index is 874. The van der Waals surface area contributed by atoms with E-state index in [0.29, 0.717) is 12.3 Å². The fourth-order valence-electron chi connectivity index (χ4n) is 3.06. The third-order valence-corrected chi connectivity index (χ3v) is 4.60. The minimum Gasteiger partial charge on any atom is -0.482 e. The lowest BCUT2D eigenvalue weighted by atomic mass is 9.91. The Kier molecular flexibility index (Phi) is 8.03. The molecule has 0 atom stereocenters. The van der Waals surface area contributed by atoms with Crippen molar-refractivity contribution in [3.63, 3.8) is 0 Å². The van der Waals surface area contributed by atoms with Crippen molar-refractivity contribution >= 4 is 11.9 Å². The zero-order valence-corrected chi connectivity index (χ0v) is 16.7. The number of benzene rings is 3. The highest BCUT2D eigenvalue weighted by atomic mass is 16.6. The number of amides is 1. The summed E-state index contributed by atoms with van der Waals surface area (Å²) < 4.78 is 10.4. The molecule has 3 aromatic carbocycles. The molecule has 5 heteroatoms. The summed E-state index contributed by atoms with van der Waals surface area (Å²) in [5.74, 6) is -0.0139. The first-order valence-electron chi connectivity index (χ1n) is 9.92. The van der Waals surface area contributed by atoms with Crippen LogP contribution in [0.1, 0.15) is 23.5 Å². The van der Waals surface area contributed by atoms with Crippen LogP contribution in [-0.4, -0.2) is 31.6 Å². The topological polar surface area (TPSA) is 64.6 Å². The molecule has 0 saturated carbocycles. The van der Waals surface area contributed by atoms with Gasteiger partial charge in [0, 0.05) is 12.5 Å². The average molecular weight is 403 g/mol. The molecule has 0 radical (unpaired) electrons. The van der Waals surface area contributed by atoms with Gasteiger partial charge in [-0.15, -0.1) is 0 Å². The van der Waals surface area contributed by atoms with Gasteiger partial charge in [0.05, 0.1) is 6.42 Å². The molecule has 0 saturated heterocycles. The van der Waals surface area contributed by atoms with E-state index in [1.807, 2.05) is 54.6 Å². The highest BCUT2D eigenvalue weighted by Gasteiger charge is 2.15. The molecule has 3 rings (SSSR count). The van der Waals surface area contributed by atoms with Gasteiger partial charge in [0.25, 0.3) is 0 Å². The van der Waals surface area contributed by atoms with Crippen molar-refractivity contribution in [1.29, 1.82) is 0 Å². The van der Waals surface area contributed by atoms with E-state index in [4.69, 9.17) is 9.47 Å². The number of hydrogen-bond donors (Lipinski definition) is 1. The van der Waals surface area contributed by atoms with E-state index in [0.717, 1.165) is 11.1 Å². The summed E-state index contributed by atoms with van der Waals surface area (Å²) in [4.78, 5) is 24.0. The molecule has 0 aliphatic rings. The molecule has 0 heterocycles. The number of esters is 1. The Morgan fingerprint density at radius 3 is 1.87 bits per heavy atom. The Hall–Kier alpha value is -3.60. The number of nitrogens with one attached hydrogen (secondary N) is 1. The van der Waals surface area contributed by atoms with Crippen LogP contribution in [0.4, 0.5) is 0 Å². The van der Waals surface area contributed by atoms with Gasteiger partial charge in [0.2, 0.25) is 5.91 Å². The van der Waals surface area contributed by atoms with Gasteiger partial charge in [-0.1, -0.05) is 78.9 Å². The largest absolute Gasteiger partial charge is 0.482 e. The van der Waals surface area contributed by atoms with Gasteiger partial charge in [-0.05, 0) is 23.3 Å². The number of hydrogen-bond acceptors (Lipinski definition) is 4. The number of rotatable bonds is 10. The highest BCUT2D eigenvalue weighted by molar-refractivity contribution is 5.77. The average Bonchev–Trinajstić information content (AvgIpc) is 2.80. The predicted molar refractivity (Wildman–Crippen MR) is 115 cm³/mol. The molecule has 1 amide bonds. The number of carbonyl (C=O) groups excluding carboxylic acids is 2. The quantitative estimate of drug-likeness (QED) is 0.521. The Morgan fingerprint density at radius 2 is 1.30 bits per heavy atom. The summed E-state index contributed by atoms with van der Waals surface area (Å²) in [7, 11) is 0. The summed E-state index contributed by atoms with van der Waals surface area (Å²) in [5, 5.41) is 2.95. The highest BCUT2D eigenvalue weighted by Crippen LogP contribution is 2.23. The summed E-state index contributed by atoms with van der Waals surface area (Å²) in [6.45, 7) is 0.303. The van der Waals surface area contributed by atoms with Crippen LogP contribution in [0, 0.1) is 0 Å². The molecule has 0 fully saturated rings. The molecule has 0 aromatic heterocycles. The molecule has 154 valence electrons. The molecule has 0 bridgehead atoms. The minimum absolute atomic E-state index is 0.0180. The Labute approximate surface area is 176 Å². The fraction of sp³-hybridized carbons (Fsp3) is 0.200. The monoisotopic (exact) mass is 403 g/mol. The molecule has 0 spiro atoms. The van der Waals surface area contributed by atoms with E-state index in [1.165, 1.54) is 0 Å². The van der Waals surface area contributed by atoms with Crippen LogP contribution in [0.5, 0.6) is 5.75 Å². The van der Waals surface area contributed by atoms with Gasteiger partial charge in [-0.3, -0.25) is 4.79 Å². The summed E-state index contributed by atoms with van der Waals surface area (Å²) in [6, 6.07) is 29.2. The van der Waals surface area contributed by atoms with E-state index < -0.39 is 5.97 Å². The first-order chi connectivity index (χ1) is 14.7. The predicted octanol–water partition coefficient (Wildman–Crippen LogP) is 3.95. The molecule has 5 nitrogen and oxygen atoms in total. The summed E-state index contributed by atoms with van der Waals surface area (Å²) in [5.41, 5.74) is 2.27. The van der Waals surface area contributed by atoms with Crippen LogP contribution in [0.15, 0.2) is 91.0 Å². The third-order valence-electron chi connectivity index (χ3n) is 4.60. The van der Waals surface area contributed by atoms with Crippen molar-refractivity contribution in [1.82, 2.24) is 5.32 Å². The molecular weight excluding hydrogens is 378 g/mol. The van der Waals surface area contributed by atoms with E-state index in [2.05, 4.69) is 29.6 Å². The lowest BCUT2D eigenvalue weighted by Gasteiger charge is -2.19. The minimum atomic E-state index is -0.502. The second-order valence-corrected chi connectivity index (χ2v) is 6.75. The van der Waals surface area contributed by atoms with E-state index >= 15 is 0 Å². The molecule has 0 unspecified atom stereocenters. The lowest BCUT2D eigenvalue weighted by molar-refractivity contribution is -0.146. The standard InChI is InChI=1S/C25H25NO4/c27-24(16-17-29-25(28)19-30-22-14-8-3-9-15-22)26-18-23(20-10-4-1-5-11-20)21-12-6-2-7-13-21/h1-15,23H,16-19H2,(H,26,27). The molecule has 1 N–H and O–H groups in total. The van der Waals surface area contributed by atoms with Gasteiger partial charge >= 0.3 is 5.97 Å². The second-order valence-electron chi connectivity index (χ2n) is 6.75. The SMILES string of the molecule is O=C(CCOC(=O)COc1ccccc1)NCC(c1ccccc1)c1ccccc1. The van der Waals surface area contributed by atoms with Gasteiger partial charge in [-0.25, -0.2) is 4.79 Å². The maximum absolute atomic E-state index is 12.2. The zero-order chi connectivity index (χ0) is 21.0. The number of ether oxygens (including phenoxy) is 2. The molecule has 3 aromatic rings. The van der Waals surface area contributed by atoms with E-state index in [-0.39, 0.29) is 31.5 Å². The number of carbonyl (C=O) groups is 2. The summed E-state index contributed by atoms with van der Waals surface area (Å²) in [6.07, 6.45) is 0.105. The van der Waals surface area contributed by atoms with E-state index in [9.17, 15) is 9.59 Å². The first-order valence-corrected chi connectivity index (χ1v) is 9.92. The molecule has 30 heavy (non-hydrogen) atoms. The molecule has 0 aliphatic carbocycles. The lowest BCUT2D eigenvalue weighted by Crippen LogP contribution is -2.30. The van der Waals surface area contributed by atoms with Gasteiger partial charge < -0.3 is 14.8 Å². The van der Waals surface area contributed by atoms with Crippen LogP contribution >= 0.6 is 0 Å². The Balaban J connectivity index is 1.43. The molecular formula is C25H25NO4. The molecule has 0 aliphatic heterocycles.